The third-order valence-electron chi connectivity index (χ3n) is 2.19. The van der Waals surface area contributed by atoms with Gasteiger partial charge >= 0.3 is 0 Å². The molecular weight excluding hydrogens is 229 g/mol. The van der Waals surface area contributed by atoms with E-state index in [1.54, 1.807) is 28.8 Å². The average molecular weight is 239 g/mol. The molecule has 0 unspecified atom stereocenters. The van der Waals surface area contributed by atoms with E-state index in [-0.39, 0.29) is 12.3 Å². The third-order valence-corrected chi connectivity index (χ3v) is 2.50. The summed E-state index contributed by atoms with van der Waals surface area (Å²) in [7, 11) is 0. The Kier molecular flexibility index (Phi) is 3.00. The van der Waals surface area contributed by atoms with E-state index in [2.05, 4.69) is 10.2 Å². The summed E-state index contributed by atoms with van der Waals surface area (Å²) >= 11 is 4.99. The summed E-state index contributed by atoms with van der Waals surface area (Å²) in [6.07, 6.45) is 0. The van der Waals surface area contributed by atoms with E-state index in [4.69, 9.17) is 17.3 Å². The van der Waals surface area contributed by atoms with Crippen LogP contribution < -0.4 is 0 Å². The van der Waals surface area contributed by atoms with Gasteiger partial charge in [-0.3, -0.25) is 9.67 Å². The monoisotopic (exact) mass is 239 g/mol. The number of aromatic hydroxyl groups is 1. The maximum absolute atomic E-state index is 12.3. The standard InChI is InChI=1S/C10H10FN3OS/c11-5-6-14-9(12-13-10(14)16)7-1-3-8(15)4-2-7/h1-4,15H,5-6H2,(H,13,16). The van der Waals surface area contributed by atoms with Crippen LogP contribution in [-0.4, -0.2) is 26.5 Å². The lowest BCUT2D eigenvalue weighted by molar-refractivity contribution is 0.445. The van der Waals surface area contributed by atoms with Crippen molar-refractivity contribution < 1.29 is 9.50 Å². The lowest BCUT2D eigenvalue weighted by Crippen LogP contribution is -2.02. The van der Waals surface area contributed by atoms with Gasteiger partial charge in [-0.2, -0.15) is 5.10 Å². The summed E-state index contributed by atoms with van der Waals surface area (Å²) < 4.78 is 14.3. The maximum atomic E-state index is 12.3. The van der Waals surface area contributed by atoms with E-state index < -0.39 is 6.67 Å². The first-order valence-corrected chi connectivity index (χ1v) is 5.14. The van der Waals surface area contributed by atoms with Crippen LogP contribution in [0, 0.1) is 4.77 Å². The number of alkyl halides is 1. The van der Waals surface area contributed by atoms with Gasteiger partial charge in [0.15, 0.2) is 10.6 Å². The molecule has 0 spiro atoms. The number of phenols is 1. The molecule has 1 heterocycles. The minimum atomic E-state index is -0.501. The maximum Gasteiger partial charge on any atom is 0.195 e. The Hall–Kier alpha value is -1.69. The number of nitrogens with zero attached hydrogens (tertiary/aromatic N) is 2. The Labute approximate surface area is 96.4 Å². The van der Waals surface area contributed by atoms with Crippen LogP contribution in [0.4, 0.5) is 4.39 Å². The summed E-state index contributed by atoms with van der Waals surface area (Å²) in [6, 6.07) is 6.50. The van der Waals surface area contributed by atoms with Crippen molar-refractivity contribution >= 4 is 12.2 Å². The molecule has 0 atom stereocenters. The SMILES string of the molecule is Oc1ccc(-c2n[nH]c(=S)n2CCF)cc1. The van der Waals surface area contributed by atoms with E-state index in [9.17, 15) is 4.39 Å². The van der Waals surface area contributed by atoms with Crippen LogP contribution in [0.25, 0.3) is 11.4 Å². The van der Waals surface area contributed by atoms with Crippen molar-refractivity contribution in [1.29, 1.82) is 0 Å². The van der Waals surface area contributed by atoms with Crippen molar-refractivity contribution in [2.45, 2.75) is 6.54 Å². The molecule has 2 aromatic rings. The van der Waals surface area contributed by atoms with Gasteiger partial charge in [-0.25, -0.2) is 4.39 Å². The minimum Gasteiger partial charge on any atom is -0.508 e. The second-order valence-electron chi connectivity index (χ2n) is 3.24. The zero-order valence-corrected chi connectivity index (χ0v) is 9.17. The van der Waals surface area contributed by atoms with Gasteiger partial charge in [-0.1, -0.05) is 0 Å². The third kappa shape index (κ3) is 1.96. The molecule has 4 nitrogen and oxygen atoms in total. The fraction of sp³-hybridized carbons (Fsp3) is 0.200. The lowest BCUT2D eigenvalue weighted by Gasteiger charge is -2.03. The molecule has 0 aliphatic carbocycles. The van der Waals surface area contributed by atoms with Crippen molar-refractivity contribution in [2.75, 3.05) is 6.67 Å². The summed E-state index contributed by atoms with van der Waals surface area (Å²) in [5, 5.41) is 15.8. The molecule has 0 bridgehead atoms. The number of halogens is 1. The number of hydrogen-bond donors (Lipinski definition) is 2. The number of hydrogen-bond acceptors (Lipinski definition) is 3. The number of rotatable bonds is 3. The number of nitrogens with one attached hydrogen (secondary N) is 1. The lowest BCUT2D eigenvalue weighted by atomic mass is 10.2. The second kappa shape index (κ2) is 4.44. The van der Waals surface area contributed by atoms with Crippen LogP contribution in [0.3, 0.4) is 0 Å². The number of aromatic amines is 1. The van der Waals surface area contributed by atoms with Gasteiger partial charge in [0, 0.05) is 5.56 Å². The van der Waals surface area contributed by atoms with Crippen molar-refractivity contribution in [3.63, 3.8) is 0 Å². The molecule has 1 aromatic heterocycles. The summed E-state index contributed by atoms with van der Waals surface area (Å²) in [6.45, 7) is -0.329. The number of aromatic nitrogens is 3. The Morgan fingerprint density at radius 2 is 2.06 bits per heavy atom. The molecule has 0 fully saturated rings. The zero-order chi connectivity index (χ0) is 11.5. The highest BCUT2D eigenvalue weighted by Gasteiger charge is 2.08. The van der Waals surface area contributed by atoms with E-state index in [1.165, 1.54) is 0 Å². The number of phenolic OH excluding ortho intramolecular Hbond substituents is 1. The van der Waals surface area contributed by atoms with Gasteiger partial charge in [0.1, 0.15) is 12.4 Å². The molecule has 0 radical (unpaired) electrons. The van der Waals surface area contributed by atoms with E-state index in [1.807, 2.05) is 0 Å². The van der Waals surface area contributed by atoms with E-state index in [0.717, 1.165) is 5.56 Å². The second-order valence-corrected chi connectivity index (χ2v) is 3.63. The van der Waals surface area contributed by atoms with Crippen LogP contribution >= 0.6 is 12.2 Å². The van der Waals surface area contributed by atoms with Gasteiger partial charge in [-0.15, -0.1) is 0 Å². The fourth-order valence-electron chi connectivity index (χ4n) is 1.44. The molecule has 0 aliphatic rings. The molecule has 2 N–H and O–H groups in total. The van der Waals surface area contributed by atoms with Gasteiger partial charge in [-0.05, 0) is 36.5 Å². The number of benzene rings is 1. The quantitative estimate of drug-likeness (QED) is 0.808. The Morgan fingerprint density at radius 3 is 2.69 bits per heavy atom. The molecule has 6 heteroatoms. The first-order chi connectivity index (χ1) is 7.72. The molecule has 0 aliphatic heterocycles. The summed E-state index contributed by atoms with van der Waals surface area (Å²) in [4.78, 5) is 0. The Bertz CT molecular complexity index is 532. The molecular formula is C10H10FN3OS. The van der Waals surface area contributed by atoms with E-state index in [0.29, 0.717) is 10.6 Å². The fourth-order valence-corrected chi connectivity index (χ4v) is 1.66. The van der Waals surface area contributed by atoms with Crippen LogP contribution in [0.5, 0.6) is 5.75 Å². The van der Waals surface area contributed by atoms with Gasteiger partial charge < -0.3 is 5.11 Å². The Morgan fingerprint density at radius 1 is 1.38 bits per heavy atom. The highest BCUT2D eigenvalue weighted by Crippen LogP contribution is 2.20. The van der Waals surface area contributed by atoms with Gasteiger partial charge in [0.25, 0.3) is 0 Å². The molecule has 0 amide bonds. The first-order valence-electron chi connectivity index (χ1n) is 4.73. The van der Waals surface area contributed by atoms with Crippen LogP contribution in [-0.2, 0) is 6.54 Å². The smallest absolute Gasteiger partial charge is 0.195 e. The predicted octanol–water partition coefficient (Wildman–Crippen LogP) is 2.28. The highest BCUT2D eigenvalue weighted by molar-refractivity contribution is 7.71. The Balaban J connectivity index is 2.47. The minimum absolute atomic E-state index is 0.172. The van der Waals surface area contributed by atoms with Crippen LogP contribution in [0.1, 0.15) is 0 Å². The van der Waals surface area contributed by atoms with Gasteiger partial charge in [0.05, 0.1) is 6.54 Å². The molecule has 2 rings (SSSR count). The van der Waals surface area contributed by atoms with E-state index >= 15 is 0 Å². The highest BCUT2D eigenvalue weighted by atomic mass is 32.1. The predicted molar refractivity (Wildman–Crippen MR) is 60.5 cm³/mol. The van der Waals surface area contributed by atoms with Crippen molar-refractivity contribution in [3.05, 3.63) is 29.0 Å². The van der Waals surface area contributed by atoms with Crippen LogP contribution in [0.15, 0.2) is 24.3 Å². The molecule has 0 saturated heterocycles. The topological polar surface area (TPSA) is 53.8 Å². The largest absolute Gasteiger partial charge is 0.508 e. The normalized spacial score (nSPS) is 10.6. The molecule has 0 saturated carbocycles. The van der Waals surface area contributed by atoms with Crippen molar-refractivity contribution in [3.8, 4) is 17.1 Å². The van der Waals surface area contributed by atoms with Crippen molar-refractivity contribution in [2.24, 2.45) is 0 Å². The van der Waals surface area contributed by atoms with Gasteiger partial charge in [0.2, 0.25) is 0 Å². The zero-order valence-electron chi connectivity index (χ0n) is 8.35. The number of H-pyrrole nitrogens is 1. The average Bonchev–Trinajstić information content (AvgIpc) is 2.63. The first kappa shape index (κ1) is 10.8. The molecule has 1 aromatic carbocycles. The molecule has 84 valence electrons. The summed E-state index contributed by atoms with van der Waals surface area (Å²) in [5.41, 5.74) is 0.776. The molecule has 16 heavy (non-hydrogen) atoms. The van der Waals surface area contributed by atoms with Crippen LogP contribution in [0.2, 0.25) is 0 Å². The van der Waals surface area contributed by atoms with Crippen molar-refractivity contribution in [1.82, 2.24) is 14.8 Å². The summed E-state index contributed by atoms with van der Waals surface area (Å²) in [5.74, 6) is 0.748.